The zero-order chi connectivity index (χ0) is 13.7. The Morgan fingerprint density at radius 2 is 2.26 bits per heavy atom. The number of carbonyl (C=O) groups excluding carboxylic acids is 1. The number of carbonyl (C=O) groups is 1. The number of thiazole rings is 1. The summed E-state index contributed by atoms with van der Waals surface area (Å²) in [5, 5.41) is 5.90. The molecule has 1 amide bonds. The van der Waals surface area contributed by atoms with Gasteiger partial charge in [0.2, 0.25) is 5.91 Å². The molecule has 1 atom stereocenters. The van der Waals surface area contributed by atoms with Crippen LogP contribution in [0.2, 0.25) is 0 Å². The van der Waals surface area contributed by atoms with Crippen LogP contribution < -0.4 is 11.1 Å². The summed E-state index contributed by atoms with van der Waals surface area (Å²) in [6, 6.07) is 7.43. The molecule has 0 aliphatic rings. The van der Waals surface area contributed by atoms with E-state index in [-0.39, 0.29) is 11.8 Å². The van der Waals surface area contributed by atoms with Crippen LogP contribution in [0.15, 0.2) is 35.8 Å². The van der Waals surface area contributed by atoms with Crippen LogP contribution in [-0.2, 0) is 11.2 Å². The second kappa shape index (κ2) is 6.33. The summed E-state index contributed by atoms with van der Waals surface area (Å²) >= 11 is 1.61. The molecule has 0 fully saturated rings. The van der Waals surface area contributed by atoms with Crippen molar-refractivity contribution in [3.05, 3.63) is 46.4 Å². The highest BCUT2D eigenvalue weighted by Crippen LogP contribution is 2.16. The Balaban J connectivity index is 1.84. The average molecular weight is 275 g/mol. The number of para-hydroxylation sites is 1. The minimum atomic E-state index is -0.0127. The number of hydrogen-bond acceptors (Lipinski definition) is 4. The molecule has 100 valence electrons. The van der Waals surface area contributed by atoms with E-state index in [9.17, 15) is 4.79 Å². The van der Waals surface area contributed by atoms with Crippen molar-refractivity contribution in [2.45, 2.75) is 19.3 Å². The van der Waals surface area contributed by atoms with Crippen LogP contribution in [0.5, 0.6) is 0 Å². The summed E-state index contributed by atoms with van der Waals surface area (Å²) in [6.07, 6.45) is 2.10. The molecule has 1 aromatic carbocycles. The smallest absolute Gasteiger partial charge is 0.224 e. The lowest BCUT2D eigenvalue weighted by molar-refractivity contribution is -0.120. The first-order valence-corrected chi connectivity index (χ1v) is 7.04. The number of anilines is 1. The van der Waals surface area contributed by atoms with Crippen molar-refractivity contribution in [3.63, 3.8) is 0 Å². The Hall–Kier alpha value is -1.88. The number of nitrogens with one attached hydrogen (secondary N) is 1. The molecule has 0 bridgehead atoms. The number of aromatic nitrogens is 1. The van der Waals surface area contributed by atoms with Gasteiger partial charge in [-0.1, -0.05) is 25.1 Å². The van der Waals surface area contributed by atoms with E-state index in [4.69, 9.17) is 5.73 Å². The number of nitrogens with two attached hydrogens (primary N) is 1. The summed E-state index contributed by atoms with van der Waals surface area (Å²) in [4.78, 5) is 16.1. The Morgan fingerprint density at radius 1 is 1.47 bits per heavy atom. The van der Waals surface area contributed by atoms with E-state index in [2.05, 4.69) is 17.2 Å². The highest BCUT2D eigenvalue weighted by atomic mass is 32.1. The van der Waals surface area contributed by atoms with E-state index in [0.717, 1.165) is 10.6 Å². The molecular formula is C14H17N3OS. The molecule has 4 nitrogen and oxygen atoms in total. The zero-order valence-electron chi connectivity index (χ0n) is 10.8. The van der Waals surface area contributed by atoms with Crippen LogP contribution in [0, 0.1) is 0 Å². The summed E-state index contributed by atoms with van der Waals surface area (Å²) in [5.41, 5.74) is 7.33. The molecule has 3 N–H and O–H groups in total. The minimum absolute atomic E-state index is 0.0127. The fourth-order valence-electron chi connectivity index (χ4n) is 1.76. The predicted molar refractivity (Wildman–Crippen MR) is 78.1 cm³/mol. The van der Waals surface area contributed by atoms with Crippen molar-refractivity contribution >= 4 is 22.9 Å². The second-order valence-corrected chi connectivity index (χ2v) is 5.38. The molecule has 0 aliphatic heterocycles. The van der Waals surface area contributed by atoms with Gasteiger partial charge in [0.25, 0.3) is 0 Å². The first kappa shape index (κ1) is 13.5. The quantitative estimate of drug-likeness (QED) is 0.822. The maximum absolute atomic E-state index is 11.9. The van der Waals surface area contributed by atoms with Crippen LogP contribution in [0.25, 0.3) is 0 Å². The molecule has 0 spiro atoms. The third-order valence-electron chi connectivity index (χ3n) is 2.88. The SMILES string of the molecule is CC(CNC(=O)Cc1ccccc1N)c1nccs1. The molecule has 1 heterocycles. The average Bonchev–Trinajstić information content (AvgIpc) is 2.93. The fraction of sp³-hybridized carbons (Fsp3) is 0.286. The van der Waals surface area contributed by atoms with Crippen molar-refractivity contribution in [3.8, 4) is 0 Å². The number of amides is 1. The molecular weight excluding hydrogens is 258 g/mol. The van der Waals surface area contributed by atoms with Gasteiger partial charge in [-0.25, -0.2) is 4.98 Å². The Morgan fingerprint density at radius 3 is 2.95 bits per heavy atom. The number of nitrogens with zero attached hydrogens (tertiary/aromatic N) is 1. The lowest BCUT2D eigenvalue weighted by Crippen LogP contribution is -2.29. The Bertz CT molecular complexity index is 539. The van der Waals surface area contributed by atoms with Gasteiger partial charge in [-0.3, -0.25) is 4.79 Å². The number of nitrogen functional groups attached to an aromatic ring is 1. The molecule has 0 radical (unpaired) electrons. The topological polar surface area (TPSA) is 68.0 Å². The molecule has 0 aliphatic carbocycles. The van der Waals surface area contributed by atoms with Crippen molar-refractivity contribution in [2.75, 3.05) is 12.3 Å². The maximum Gasteiger partial charge on any atom is 0.224 e. The number of benzene rings is 1. The van der Waals surface area contributed by atoms with Crippen molar-refractivity contribution in [1.82, 2.24) is 10.3 Å². The van der Waals surface area contributed by atoms with Gasteiger partial charge in [0.05, 0.1) is 11.4 Å². The van der Waals surface area contributed by atoms with Gasteiger partial charge < -0.3 is 11.1 Å². The Labute approximate surface area is 116 Å². The van der Waals surface area contributed by atoms with Gasteiger partial charge in [-0.2, -0.15) is 0 Å². The van der Waals surface area contributed by atoms with E-state index >= 15 is 0 Å². The predicted octanol–water partition coefficient (Wildman–Crippen LogP) is 2.19. The summed E-state index contributed by atoms with van der Waals surface area (Å²) in [5.74, 6) is 0.221. The summed E-state index contributed by atoms with van der Waals surface area (Å²) in [7, 11) is 0. The number of rotatable bonds is 5. The van der Waals surface area contributed by atoms with Crippen LogP contribution in [0.3, 0.4) is 0 Å². The van der Waals surface area contributed by atoms with Crippen molar-refractivity contribution < 1.29 is 4.79 Å². The molecule has 19 heavy (non-hydrogen) atoms. The molecule has 2 rings (SSSR count). The molecule has 1 unspecified atom stereocenters. The first-order chi connectivity index (χ1) is 9.16. The second-order valence-electron chi connectivity index (χ2n) is 4.45. The first-order valence-electron chi connectivity index (χ1n) is 6.16. The maximum atomic E-state index is 11.9. The molecule has 2 aromatic rings. The highest BCUT2D eigenvalue weighted by molar-refractivity contribution is 7.09. The van der Waals surface area contributed by atoms with Gasteiger partial charge in [-0.15, -0.1) is 11.3 Å². The molecule has 0 saturated carbocycles. The standard InChI is InChI=1S/C14H17N3OS/c1-10(14-16-6-7-19-14)9-17-13(18)8-11-4-2-3-5-12(11)15/h2-7,10H,8-9,15H2,1H3,(H,17,18). The highest BCUT2D eigenvalue weighted by Gasteiger charge is 2.11. The van der Waals surface area contributed by atoms with Crippen LogP contribution in [-0.4, -0.2) is 17.4 Å². The number of hydrogen-bond donors (Lipinski definition) is 2. The zero-order valence-corrected chi connectivity index (χ0v) is 11.6. The van der Waals surface area contributed by atoms with Gasteiger partial charge in [-0.05, 0) is 11.6 Å². The largest absolute Gasteiger partial charge is 0.398 e. The Kier molecular flexibility index (Phi) is 4.52. The van der Waals surface area contributed by atoms with Crippen molar-refractivity contribution in [1.29, 1.82) is 0 Å². The molecule has 1 aromatic heterocycles. The minimum Gasteiger partial charge on any atom is -0.398 e. The third-order valence-corrected chi connectivity index (χ3v) is 3.89. The van der Waals surface area contributed by atoms with Gasteiger partial charge in [0.15, 0.2) is 0 Å². The fourth-order valence-corrected chi connectivity index (χ4v) is 2.46. The van der Waals surface area contributed by atoms with Crippen LogP contribution in [0.4, 0.5) is 5.69 Å². The normalized spacial score (nSPS) is 12.1. The summed E-state index contributed by atoms with van der Waals surface area (Å²) in [6.45, 7) is 2.65. The monoisotopic (exact) mass is 275 g/mol. The molecule has 5 heteroatoms. The summed E-state index contributed by atoms with van der Waals surface area (Å²) < 4.78 is 0. The van der Waals surface area contributed by atoms with E-state index in [1.165, 1.54) is 0 Å². The lowest BCUT2D eigenvalue weighted by atomic mass is 10.1. The lowest BCUT2D eigenvalue weighted by Gasteiger charge is -2.10. The third kappa shape index (κ3) is 3.79. The van der Waals surface area contributed by atoms with Gasteiger partial charge in [0.1, 0.15) is 0 Å². The van der Waals surface area contributed by atoms with E-state index < -0.39 is 0 Å². The van der Waals surface area contributed by atoms with E-state index in [1.807, 2.05) is 23.6 Å². The van der Waals surface area contributed by atoms with E-state index in [0.29, 0.717) is 18.7 Å². The van der Waals surface area contributed by atoms with Crippen LogP contribution >= 0.6 is 11.3 Å². The van der Waals surface area contributed by atoms with Crippen LogP contribution in [0.1, 0.15) is 23.4 Å². The van der Waals surface area contributed by atoms with E-state index in [1.54, 1.807) is 23.6 Å². The van der Waals surface area contributed by atoms with Gasteiger partial charge in [0, 0.05) is 29.7 Å². The van der Waals surface area contributed by atoms with Gasteiger partial charge >= 0.3 is 0 Å². The molecule has 0 saturated heterocycles. The van der Waals surface area contributed by atoms with Crippen molar-refractivity contribution in [2.24, 2.45) is 0 Å².